The Morgan fingerprint density at radius 3 is 2.04 bits per heavy atom. The van der Waals surface area contributed by atoms with Crippen LogP contribution < -0.4 is 0 Å². The molecule has 13 atom stereocenters. The van der Waals surface area contributed by atoms with Crippen LogP contribution in [0, 0.1) is 11.8 Å². The van der Waals surface area contributed by atoms with Gasteiger partial charge >= 0.3 is 17.9 Å². The fourth-order valence-corrected chi connectivity index (χ4v) is 5.70. The number of carbonyl (C=O) groups is 3. The highest BCUT2D eigenvalue weighted by molar-refractivity contribution is 5.90. The molecular formula is C33H50O18. The van der Waals surface area contributed by atoms with Crippen LogP contribution in [0.4, 0.5) is 0 Å². The van der Waals surface area contributed by atoms with Gasteiger partial charge in [0.2, 0.25) is 12.6 Å². The van der Waals surface area contributed by atoms with Crippen molar-refractivity contribution in [1.29, 1.82) is 0 Å². The molecule has 1 unspecified atom stereocenters. The molecule has 0 aromatic rings. The zero-order valence-corrected chi connectivity index (χ0v) is 28.8. The van der Waals surface area contributed by atoms with E-state index in [0.717, 1.165) is 13.4 Å². The van der Waals surface area contributed by atoms with Crippen molar-refractivity contribution in [1.82, 2.24) is 0 Å². The highest BCUT2D eigenvalue weighted by atomic mass is 16.8. The second kappa shape index (κ2) is 19.7. The van der Waals surface area contributed by atoms with Gasteiger partial charge in [0.05, 0.1) is 45.2 Å². The molecule has 51 heavy (non-hydrogen) atoms. The molecule has 8 N–H and O–H groups in total. The van der Waals surface area contributed by atoms with Crippen molar-refractivity contribution < 1.29 is 88.4 Å². The van der Waals surface area contributed by atoms with Crippen LogP contribution in [-0.4, -0.2) is 153 Å². The first-order chi connectivity index (χ1) is 24.2. The van der Waals surface area contributed by atoms with Gasteiger partial charge in [0, 0.05) is 17.1 Å². The van der Waals surface area contributed by atoms with Gasteiger partial charge in [0.15, 0.2) is 6.29 Å². The zero-order valence-electron chi connectivity index (χ0n) is 28.8. The van der Waals surface area contributed by atoms with E-state index in [0.29, 0.717) is 19.3 Å². The summed E-state index contributed by atoms with van der Waals surface area (Å²) in [5.41, 5.74) is 0.481. The molecule has 0 saturated carbocycles. The number of aliphatic hydroxyl groups excluding tert-OH is 8. The summed E-state index contributed by atoms with van der Waals surface area (Å²) in [7, 11) is 1.16. The molecule has 3 aliphatic heterocycles. The summed E-state index contributed by atoms with van der Waals surface area (Å²) in [5, 5.41) is 79.2. The van der Waals surface area contributed by atoms with E-state index in [1.165, 1.54) is 6.92 Å². The van der Waals surface area contributed by atoms with E-state index >= 15 is 0 Å². The van der Waals surface area contributed by atoms with Crippen LogP contribution in [0.25, 0.3) is 0 Å². The number of aliphatic hydroxyl groups is 8. The van der Waals surface area contributed by atoms with Gasteiger partial charge in [-0.05, 0) is 39.0 Å². The lowest BCUT2D eigenvalue weighted by atomic mass is 9.86. The van der Waals surface area contributed by atoms with Crippen molar-refractivity contribution in [2.75, 3.05) is 26.9 Å². The van der Waals surface area contributed by atoms with Crippen molar-refractivity contribution in [2.45, 2.75) is 114 Å². The lowest BCUT2D eigenvalue weighted by Gasteiger charge is -2.41. The predicted molar refractivity (Wildman–Crippen MR) is 169 cm³/mol. The van der Waals surface area contributed by atoms with Crippen LogP contribution in [0.15, 0.2) is 35.1 Å². The first-order valence-electron chi connectivity index (χ1n) is 16.6. The largest absolute Gasteiger partial charge is 0.468 e. The number of allylic oxidation sites excluding steroid dienone is 2. The Labute approximate surface area is 294 Å². The average molecular weight is 735 g/mol. The average Bonchev–Trinajstić information content (AvgIpc) is 3.11. The standard InChI is InChI=1S/C33H50O18/c1-5-17-18(19(30(44)45-4)14-47-31(17)51-33-28(42)26(40)24(38)21(13-35)49-33)11-22(36)46-10-9-15(2)7-6-8-16(3)29(43)50-32-27(41)25(39)23(37)20(12-34)48-32/h5,8,14-15,18,20-21,23-28,31-35,37-42H,6-7,9-13H2,1-4H3/b16-8+,17-5+/t15?,18-,20+,21+,23+,24+,25-,26-,27+,28+,31-,32-,33-/m0/s1. The predicted octanol–water partition coefficient (Wildman–Crippen LogP) is -2.19. The Hall–Kier alpha value is -3.01. The molecule has 0 aromatic heterocycles. The summed E-state index contributed by atoms with van der Waals surface area (Å²) in [6.07, 6.45) is -11.5. The molecule has 3 aliphatic rings. The topological polar surface area (TPSA) is 278 Å². The number of rotatable bonds is 15. The molecule has 0 aromatic carbocycles. The van der Waals surface area contributed by atoms with E-state index in [4.69, 9.17) is 33.2 Å². The molecule has 0 aliphatic carbocycles. The Bertz CT molecular complexity index is 1260. The summed E-state index contributed by atoms with van der Waals surface area (Å²) in [6, 6.07) is 0. The van der Waals surface area contributed by atoms with Gasteiger partial charge in [-0.15, -0.1) is 0 Å². The van der Waals surface area contributed by atoms with E-state index in [-0.39, 0.29) is 35.7 Å². The summed E-state index contributed by atoms with van der Waals surface area (Å²) in [5.74, 6) is -3.13. The smallest absolute Gasteiger partial charge is 0.337 e. The normalized spacial score (nSPS) is 35.7. The molecule has 2 fully saturated rings. The van der Waals surface area contributed by atoms with Gasteiger partial charge in [0.25, 0.3) is 0 Å². The lowest BCUT2D eigenvalue weighted by Crippen LogP contribution is -2.60. The van der Waals surface area contributed by atoms with Crippen LogP contribution in [0.2, 0.25) is 0 Å². The van der Waals surface area contributed by atoms with E-state index < -0.39 is 105 Å². The Morgan fingerprint density at radius 1 is 0.882 bits per heavy atom. The Balaban J connectivity index is 1.51. The molecule has 18 nitrogen and oxygen atoms in total. The fraction of sp³-hybridized carbons (Fsp3) is 0.727. The van der Waals surface area contributed by atoms with Crippen LogP contribution in [0.5, 0.6) is 0 Å². The molecule has 18 heteroatoms. The molecule has 0 radical (unpaired) electrons. The SMILES string of the molecule is C/C=C1/[C@H](O[C@@H]2O[C@H](CO)[C@@H](O)[C@H](O)[C@H]2O)OC=C(C(=O)OC)[C@H]1CC(=O)OCCC(C)CC/C=C(\C)C(=O)O[C@@H]1O[C@H](CO)[C@@H](O)[C@H](O)[C@H]1O. The molecule has 3 rings (SSSR count). The summed E-state index contributed by atoms with van der Waals surface area (Å²) >= 11 is 0. The molecule has 0 bridgehead atoms. The number of hydrogen-bond acceptors (Lipinski definition) is 18. The number of esters is 3. The molecular weight excluding hydrogens is 684 g/mol. The minimum absolute atomic E-state index is 0.00297. The lowest BCUT2D eigenvalue weighted by molar-refractivity contribution is -0.327. The van der Waals surface area contributed by atoms with Crippen LogP contribution in [0.1, 0.15) is 46.5 Å². The number of ether oxygens (including phenoxy) is 7. The minimum atomic E-state index is -1.72. The summed E-state index contributed by atoms with van der Waals surface area (Å²) in [6.45, 7) is 3.71. The Morgan fingerprint density at radius 2 is 1.47 bits per heavy atom. The number of methoxy groups -OCH3 is 1. The number of hydrogen-bond donors (Lipinski definition) is 8. The van der Waals surface area contributed by atoms with Gasteiger partial charge in [-0.25, -0.2) is 9.59 Å². The first kappa shape index (κ1) is 42.4. The maximum absolute atomic E-state index is 13.0. The van der Waals surface area contributed by atoms with Crippen molar-refractivity contribution in [3.05, 3.63) is 35.1 Å². The highest BCUT2D eigenvalue weighted by Crippen LogP contribution is 2.36. The molecule has 0 spiro atoms. The van der Waals surface area contributed by atoms with E-state index in [1.807, 2.05) is 6.92 Å². The maximum atomic E-state index is 13.0. The molecule has 0 amide bonds. The summed E-state index contributed by atoms with van der Waals surface area (Å²) < 4.78 is 37.3. The fourth-order valence-electron chi connectivity index (χ4n) is 5.70. The summed E-state index contributed by atoms with van der Waals surface area (Å²) in [4.78, 5) is 38.0. The van der Waals surface area contributed by atoms with Gasteiger partial charge < -0.3 is 74.0 Å². The van der Waals surface area contributed by atoms with Crippen LogP contribution in [0.3, 0.4) is 0 Å². The molecule has 3 heterocycles. The van der Waals surface area contributed by atoms with Crippen molar-refractivity contribution in [2.24, 2.45) is 11.8 Å². The van der Waals surface area contributed by atoms with Crippen molar-refractivity contribution >= 4 is 17.9 Å². The van der Waals surface area contributed by atoms with Gasteiger partial charge in [-0.2, -0.15) is 0 Å². The molecule has 290 valence electrons. The van der Waals surface area contributed by atoms with Crippen molar-refractivity contribution in [3.8, 4) is 0 Å². The second-order valence-corrected chi connectivity index (χ2v) is 12.6. The van der Waals surface area contributed by atoms with Gasteiger partial charge in [0.1, 0.15) is 48.8 Å². The molecule has 2 saturated heterocycles. The zero-order chi connectivity index (χ0) is 38.0. The monoisotopic (exact) mass is 734 g/mol. The third kappa shape index (κ3) is 10.8. The van der Waals surface area contributed by atoms with E-state index in [1.54, 1.807) is 19.1 Å². The van der Waals surface area contributed by atoms with E-state index in [2.05, 4.69) is 0 Å². The van der Waals surface area contributed by atoms with Crippen LogP contribution in [-0.2, 0) is 47.5 Å². The van der Waals surface area contributed by atoms with Gasteiger partial charge in [-0.1, -0.05) is 19.1 Å². The van der Waals surface area contributed by atoms with E-state index in [9.17, 15) is 55.2 Å². The minimum Gasteiger partial charge on any atom is -0.468 e. The highest BCUT2D eigenvalue weighted by Gasteiger charge is 2.47. The Kier molecular flexibility index (Phi) is 16.4. The third-order valence-corrected chi connectivity index (χ3v) is 8.98. The number of carbonyl (C=O) groups excluding carboxylic acids is 3. The first-order valence-corrected chi connectivity index (χ1v) is 16.6. The third-order valence-electron chi connectivity index (χ3n) is 8.98. The van der Waals surface area contributed by atoms with Crippen molar-refractivity contribution in [3.63, 3.8) is 0 Å². The maximum Gasteiger partial charge on any atom is 0.337 e. The van der Waals surface area contributed by atoms with Crippen LogP contribution >= 0.6 is 0 Å². The second-order valence-electron chi connectivity index (χ2n) is 12.6. The van der Waals surface area contributed by atoms with Gasteiger partial charge in [-0.3, -0.25) is 4.79 Å². The quantitative estimate of drug-likeness (QED) is 0.0384.